The van der Waals surface area contributed by atoms with Gasteiger partial charge in [-0.2, -0.15) is 0 Å². The number of nitrogens with one attached hydrogen (secondary N) is 1. The van der Waals surface area contributed by atoms with Gasteiger partial charge in [-0.1, -0.05) is 36.4 Å². The molecule has 41 heavy (non-hydrogen) atoms. The van der Waals surface area contributed by atoms with Gasteiger partial charge in [-0.3, -0.25) is 9.59 Å². The maximum Gasteiger partial charge on any atom is 0.276 e. The fraction of sp³-hybridized carbons (Fsp3) is 0.303. The van der Waals surface area contributed by atoms with E-state index in [1.165, 1.54) is 17.4 Å². The summed E-state index contributed by atoms with van der Waals surface area (Å²) in [6.45, 7) is 5.17. The first-order valence-corrected chi connectivity index (χ1v) is 14.8. The van der Waals surface area contributed by atoms with E-state index in [2.05, 4.69) is 12.2 Å². The van der Waals surface area contributed by atoms with Crippen LogP contribution in [0.2, 0.25) is 0 Å². The summed E-state index contributed by atoms with van der Waals surface area (Å²) in [4.78, 5) is 35.0. The van der Waals surface area contributed by atoms with Crippen LogP contribution in [0, 0.1) is 12.7 Å². The number of hydrogen-bond donors (Lipinski definition) is 1. The Morgan fingerprint density at radius 3 is 2.76 bits per heavy atom. The highest BCUT2D eigenvalue weighted by atomic mass is 32.1. The molecule has 0 spiro atoms. The quantitative estimate of drug-likeness (QED) is 0.266. The number of hydrogen-bond acceptors (Lipinski definition) is 5. The van der Waals surface area contributed by atoms with E-state index in [9.17, 15) is 14.0 Å². The van der Waals surface area contributed by atoms with E-state index in [0.717, 1.165) is 59.7 Å². The molecule has 1 unspecified atom stereocenters. The van der Waals surface area contributed by atoms with Crippen LogP contribution in [0.25, 0.3) is 10.4 Å². The summed E-state index contributed by atoms with van der Waals surface area (Å²) in [6, 6.07) is 20.0. The molecule has 6 rings (SSSR count). The van der Waals surface area contributed by atoms with Crippen LogP contribution in [0.1, 0.15) is 63.2 Å². The summed E-state index contributed by atoms with van der Waals surface area (Å²) in [7, 11) is 0. The molecule has 2 amide bonds. The van der Waals surface area contributed by atoms with E-state index < -0.39 is 5.82 Å². The Kier molecular flexibility index (Phi) is 7.45. The first-order chi connectivity index (χ1) is 19.8. The van der Waals surface area contributed by atoms with E-state index in [1.807, 2.05) is 42.5 Å². The number of fused-ring (bicyclic) bond motifs is 3. The number of amides is 2. The van der Waals surface area contributed by atoms with Crippen molar-refractivity contribution in [2.75, 3.05) is 23.4 Å². The topological polar surface area (TPSA) is 71.5 Å². The van der Waals surface area contributed by atoms with Crippen molar-refractivity contribution in [3.8, 4) is 10.4 Å². The van der Waals surface area contributed by atoms with Gasteiger partial charge in [0.2, 0.25) is 0 Å². The highest BCUT2D eigenvalue weighted by Gasteiger charge is 2.30. The van der Waals surface area contributed by atoms with Gasteiger partial charge in [0, 0.05) is 29.3 Å². The SMILES string of the molecule is Cc1cccc(F)c1NC(=O)c1cc2c(s1)-c1ccccc1N(C(=O)c1cccc(CCC3(C)CCCO3)n1)CC2. The average molecular weight is 570 g/mol. The second-order valence-corrected chi connectivity index (χ2v) is 12.0. The molecule has 8 heteroatoms. The number of benzene rings is 2. The highest BCUT2D eigenvalue weighted by Crippen LogP contribution is 2.42. The van der Waals surface area contributed by atoms with Crippen LogP contribution < -0.4 is 10.2 Å². The van der Waals surface area contributed by atoms with Crippen molar-refractivity contribution in [3.63, 3.8) is 0 Å². The molecule has 210 valence electrons. The number of ether oxygens (including phenoxy) is 1. The lowest BCUT2D eigenvalue weighted by molar-refractivity contribution is 0.0134. The molecule has 1 fully saturated rings. The summed E-state index contributed by atoms with van der Waals surface area (Å²) in [5, 5.41) is 2.74. The van der Waals surface area contributed by atoms with Crippen LogP contribution in [-0.4, -0.2) is 35.6 Å². The van der Waals surface area contributed by atoms with E-state index in [-0.39, 0.29) is 23.1 Å². The average Bonchev–Trinajstić information content (AvgIpc) is 3.58. The lowest BCUT2D eigenvalue weighted by atomic mass is 9.95. The predicted octanol–water partition coefficient (Wildman–Crippen LogP) is 7.21. The van der Waals surface area contributed by atoms with Gasteiger partial charge in [0.05, 0.1) is 21.9 Å². The molecule has 2 aromatic carbocycles. The zero-order valence-corrected chi connectivity index (χ0v) is 24.0. The van der Waals surface area contributed by atoms with Gasteiger partial charge in [-0.05, 0) is 87.4 Å². The summed E-state index contributed by atoms with van der Waals surface area (Å²) >= 11 is 1.36. The van der Waals surface area contributed by atoms with E-state index in [4.69, 9.17) is 9.72 Å². The van der Waals surface area contributed by atoms with Gasteiger partial charge in [-0.15, -0.1) is 11.3 Å². The third-order valence-electron chi connectivity index (χ3n) is 8.02. The second-order valence-electron chi connectivity index (χ2n) is 11.0. The number of aromatic nitrogens is 1. The first kappa shape index (κ1) is 27.3. The van der Waals surface area contributed by atoms with Crippen molar-refractivity contribution >= 4 is 34.5 Å². The van der Waals surface area contributed by atoms with Gasteiger partial charge in [0.15, 0.2) is 0 Å². The first-order valence-electron chi connectivity index (χ1n) is 14.0. The third-order valence-corrected chi connectivity index (χ3v) is 9.23. The summed E-state index contributed by atoms with van der Waals surface area (Å²) < 4.78 is 20.3. The largest absolute Gasteiger partial charge is 0.375 e. The Balaban J connectivity index is 1.25. The Hall–Kier alpha value is -3.88. The summed E-state index contributed by atoms with van der Waals surface area (Å²) in [6.07, 6.45) is 4.33. The third kappa shape index (κ3) is 5.54. The van der Waals surface area contributed by atoms with Crippen LogP contribution in [0.5, 0.6) is 0 Å². The standard InChI is InChI=1S/C33H32FN3O3S/c1-21-8-5-11-25(34)29(21)36-31(38)28-20-22-15-18-37(27-13-4-3-10-24(27)30(22)41-28)32(39)26-12-6-9-23(35-26)14-17-33(2)16-7-19-40-33/h3-6,8-13,20H,7,14-19H2,1-2H3,(H,36,38). The normalized spacial score (nSPS) is 18.0. The molecule has 1 saturated heterocycles. The van der Waals surface area contributed by atoms with Gasteiger partial charge < -0.3 is 15.0 Å². The van der Waals surface area contributed by atoms with Crippen molar-refractivity contribution in [1.29, 1.82) is 0 Å². The Labute approximate surface area is 243 Å². The molecular formula is C33H32FN3O3S. The number of anilines is 2. The van der Waals surface area contributed by atoms with E-state index >= 15 is 0 Å². The minimum absolute atomic E-state index is 0.118. The van der Waals surface area contributed by atoms with Crippen LogP contribution in [0.15, 0.2) is 66.7 Å². The number of carbonyl (C=O) groups excluding carboxylic acids is 2. The molecule has 0 radical (unpaired) electrons. The lowest BCUT2D eigenvalue weighted by Crippen LogP contribution is -2.33. The smallest absolute Gasteiger partial charge is 0.276 e. The zero-order valence-electron chi connectivity index (χ0n) is 23.2. The minimum Gasteiger partial charge on any atom is -0.375 e. The number of pyridine rings is 1. The molecule has 0 bridgehead atoms. The van der Waals surface area contributed by atoms with E-state index in [0.29, 0.717) is 29.1 Å². The number of nitrogens with zero attached hydrogens (tertiary/aromatic N) is 2. The molecule has 1 N–H and O–H groups in total. The van der Waals surface area contributed by atoms with Crippen molar-refractivity contribution < 1.29 is 18.7 Å². The number of para-hydroxylation sites is 2. The molecule has 2 aromatic heterocycles. The lowest BCUT2D eigenvalue weighted by Gasteiger charge is -2.24. The molecule has 2 aliphatic rings. The van der Waals surface area contributed by atoms with Crippen molar-refractivity contribution in [2.45, 2.75) is 51.6 Å². The van der Waals surface area contributed by atoms with Crippen molar-refractivity contribution in [1.82, 2.24) is 4.98 Å². The maximum atomic E-state index is 14.4. The fourth-order valence-corrected chi connectivity index (χ4v) is 6.83. The molecule has 6 nitrogen and oxygen atoms in total. The second kappa shape index (κ2) is 11.2. The van der Waals surface area contributed by atoms with Gasteiger partial charge >= 0.3 is 0 Å². The minimum atomic E-state index is -0.463. The van der Waals surface area contributed by atoms with Crippen LogP contribution in [-0.2, 0) is 17.6 Å². The van der Waals surface area contributed by atoms with Gasteiger partial charge in [0.25, 0.3) is 11.8 Å². The Bertz CT molecular complexity index is 1610. The molecule has 0 saturated carbocycles. The molecule has 0 aliphatic carbocycles. The molecule has 4 heterocycles. The molecule has 4 aromatic rings. The molecule has 2 aliphatic heterocycles. The summed E-state index contributed by atoms with van der Waals surface area (Å²) in [5.74, 6) is -0.958. The van der Waals surface area contributed by atoms with Crippen molar-refractivity contribution in [2.24, 2.45) is 0 Å². The van der Waals surface area contributed by atoms with E-state index in [1.54, 1.807) is 30.0 Å². The zero-order chi connectivity index (χ0) is 28.6. The number of thiophene rings is 1. The highest BCUT2D eigenvalue weighted by molar-refractivity contribution is 7.17. The molecule has 1 atom stereocenters. The summed E-state index contributed by atoms with van der Waals surface area (Å²) in [5.41, 5.74) is 4.70. The van der Waals surface area contributed by atoms with Gasteiger partial charge in [-0.25, -0.2) is 9.37 Å². The number of aryl methyl sites for hydroxylation is 2. The van der Waals surface area contributed by atoms with Crippen LogP contribution in [0.4, 0.5) is 15.8 Å². The maximum absolute atomic E-state index is 14.4. The number of rotatable bonds is 6. The monoisotopic (exact) mass is 569 g/mol. The van der Waals surface area contributed by atoms with Crippen LogP contribution in [0.3, 0.4) is 0 Å². The van der Waals surface area contributed by atoms with Crippen LogP contribution >= 0.6 is 11.3 Å². The molecular weight excluding hydrogens is 537 g/mol. The van der Waals surface area contributed by atoms with Crippen molar-refractivity contribution in [3.05, 3.63) is 99.9 Å². The number of halogens is 1. The number of carbonyl (C=O) groups is 2. The predicted molar refractivity (Wildman–Crippen MR) is 160 cm³/mol. The Morgan fingerprint density at radius 2 is 1.95 bits per heavy atom. The fourth-order valence-electron chi connectivity index (χ4n) is 5.69. The van der Waals surface area contributed by atoms with Gasteiger partial charge in [0.1, 0.15) is 11.5 Å². The Morgan fingerprint density at radius 1 is 1.12 bits per heavy atom.